The monoisotopic (exact) mass is 336 g/mol. The molecule has 136 valence electrons. The summed E-state index contributed by atoms with van der Waals surface area (Å²) in [6.45, 7) is 1.77. The summed E-state index contributed by atoms with van der Waals surface area (Å²) < 4.78 is 5.87. The molecule has 24 heavy (non-hydrogen) atoms. The van der Waals surface area contributed by atoms with E-state index < -0.39 is 5.54 Å². The van der Waals surface area contributed by atoms with E-state index >= 15 is 0 Å². The number of hydrogen-bond donors (Lipinski definition) is 2. The van der Waals surface area contributed by atoms with Gasteiger partial charge in [-0.25, -0.2) is 0 Å². The van der Waals surface area contributed by atoms with Crippen LogP contribution in [-0.4, -0.2) is 60.4 Å². The molecule has 0 radical (unpaired) electrons. The van der Waals surface area contributed by atoms with Crippen LogP contribution in [0.4, 0.5) is 0 Å². The molecule has 5 heteroatoms. The fourth-order valence-electron chi connectivity index (χ4n) is 5.22. The number of amides is 1. The van der Waals surface area contributed by atoms with Crippen LogP contribution in [0.1, 0.15) is 51.4 Å². The van der Waals surface area contributed by atoms with E-state index in [1.807, 2.05) is 0 Å². The van der Waals surface area contributed by atoms with Gasteiger partial charge in [0.15, 0.2) is 0 Å². The van der Waals surface area contributed by atoms with Gasteiger partial charge < -0.3 is 15.2 Å². The van der Waals surface area contributed by atoms with Crippen molar-refractivity contribution in [3.63, 3.8) is 0 Å². The lowest BCUT2D eigenvalue weighted by Crippen LogP contribution is -2.73. The van der Waals surface area contributed by atoms with Crippen LogP contribution in [0.25, 0.3) is 0 Å². The first-order chi connectivity index (χ1) is 11.6. The highest BCUT2D eigenvalue weighted by atomic mass is 16.5. The standard InChI is InChI=1S/C19H32N2O3/c1-21-18(7-2-8-18)12-24-13-19(21,11-22)10-20-17(23)14-3-5-15-9-16(15)6-4-14/h14-16,22H,2-13H2,1H3,(H,20,23)/t14?,15-,16+,19?. The maximum atomic E-state index is 12.7. The number of rotatable bonds is 4. The highest BCUT2D eigenvalue weighted by Crippen LogP contribution is 2.49. The number of carbonyl (C=O) groups is 1. The van der Waals surface area contributed by atoms with Gasteiger partial charge in [0, 0.05) is 18.0 Å². The predicted molar refractivity (Wildman–Crippen MR) is 91.5 cm³/mol. The van der Waals surface area contributed by atoms with Gasteiger partial charge in [-0.15, -0.1) is 0 Å². The molecular weight excluding hydrogens is 304 g/mol. The molecule has 0 aromatic carbocycles. The largest absolute Gasteiger partial charge is 0.394 e. The Labute approximate surface area is 145 Å². The van der Waals surface area contributed by atoms with E-state index in [2.05, 4.69) is 17.3 Å². The fraction of sp³-hybridized carbons (Fsp3) is 0.947. The number of aliphatic hydroxyl groups is 1. The maximum absolute atomic E-state index is 12.7. The topological polar surface area (TPSA) is 61.8 Å². The molecule has 4 aliphatic rings. The third kappa shape index (κ3) is 2.78. The summed E-state index contributed by atoms with van der Waals surface area (Å²) >= 11 is 0. The van der Waals surface area contributed by atoms with Gasteiger partial charge in [0.05, 0.1) is 25.4 Å². The van der Waals surface area contributed by atoms with Gasteiger partial charge in [-0.05, 0) is 70.3 Å². The molecule has 0 aromatic rings. The van der Waals surface area contributed by atoms with Gasteiger partial charge in [0.2, 0.25) is 5.91 Å². The summed E-state index contributed by atoms with van der Waals surface area (Å²) in [5.41, 5.74) is -0.392. The van der Waals surface area contributed by atoms with E-state index in [0.29, 0.717) is 13.2 Å². The number of fused-ring (bicyclic) bond motifs is 1. The molecule has 1 spiro atoms. The van der Waals surface area contributed by atoms with E-state index in [9.17, 15) is 9.90 Å². The van der Waals surface area contributed by atoms with Crippen molar-refractivity contribution >= 4 is 5.91 Å². The van der Waals surface area contributed by atoms with Crippen molar-refractivity contribution in [1.29, 1.82) is 0 Å². The van der Waals surface area contributed by atoms with Crippen LogP contribution in [0.3, 0.4) is 0 Å². The lowest BCUT2D eigenvalue weighted by Gasteiger charge is -2.59. The van der Waals surface area contributed by atoms with Crippen molar-refractivity contribution in [3.8, 4) is 0 Å². The number of hydrogen-bond acceptors (Lipinski definition) is 4. The second kappa shape index (κ2) is 6.26. The van der Waals surface area contributed by atoms with Crippen molar-refractivity contribution in [2.24, 2.45) is 17.8 Å². The van der Waals surface area contributed by atoms with E-state index in [1.165, 1.54) is 25.7 Å². The first-order valence-electron chi connectivity index (χ1n) is 9.79. The number of nitrogens with one attached hydrogen (secondary N) is 1. The summed E-state index contributed by atoms with van der Waals surface area (Å²) in [6.07, 6.45) is 9.40. The Morgan fingerprint density at radius 2 is 1.92 bits per heavy atom. The molecule has 1 amide bonds. The first kappa shape index (κ1) is 16.8. The Morgan fingerprint density at radius 3 is 2.50 bits per heavy atom. The van der Waals surface area contributed by atoms with Gasteiger partial charge in [-0.3, -0.25) is 9.69 Å². The predicted octanol–water partition coefficient (Wildman–Crippen LogP) is 1.54. The zero-order valence-corrected chi connectivity index (χ0v) is 14.9. The minimum absolute atomic E-state index is 0.0281. The molecular formula is C19H32N2O3. The third-order valence-electron chi connectivity index (χ3n) is 7.55. The van der Waals surface area contributed by atoms with E-state index in [-0.39, 0.29) is 24.0 Å². The molecule has 0 aromatic heterocycles. The summed E-state index contributed by atoms with van der Waals surface area (Å²) in [5.74, 6) is 2.16. The summed E-state index contributed by atoms with van der Waals surface area (Å²) in [6, 6.07) is 0. The van der Waals surface area contributed by atoms with E-state index in [1.54, 1.807) is 0 Å². The average Bonchev–Trinajstić information content (AvgIpc) is 3.31. The number of carbonyl (C=O) groups excluding carboxylic acids is 1. The van der Waals surface area contributed by atoms with Crippen LogP contribution < -0.4 is 5.32 Å². The molecule has 4 fully saturated rings. The first-order valence-corrected chi connectivity index (χ1v) is 9.79. The molecule has 1 saturated heterocycles. The number of ether oxygens (including phenoxy) is 1. The highest BCUT2D eigenvalue weighted by molar-refractivity contribution is 5.78. The Balaban J connectivity index is 1.36. The van der Waals surface area contributed by atoms with Crippen LogP contribution in [0.5, 0.6) is 0 Å². The quantitative estimate of drug-likeness (QED) is 0.818. The number of likely N-dealkylation sites (N-methyl/N-ethyl adjacent to an activating group) is 1. The van der Waals surface area contributed by atoms with Crippen molar-refractivity contribution in [2.45, 2.75) is 62.4 Å². The van der Waals surface area contributed by atoms with Gasteiger partial charge in [0.1, 0.15) is 0 Å². The number of morpholine rings is 1. The SMILES string of the molecule is CN1C2(CCC2)COCC1(CO)CNC(=O)C1CC[C@@H]2C[C@@H]2CC1. The van der Waals surface area contributed by atoms with Crippen molar-refractivity contribution < 1.29 is 14.6 Å². The summed E-state index contributed by atoms with van der Waals surface area (Å²) in [7, 11) is 2.10. The molecule has 4 atom stereocenters. The minimum atomic E-state index is -0.471. The molecule has 2 N–H and O–H groups in total. The van der Waals surface area contributed by atoms with Gasteiger partial charge in [0.25, 0.3) is 0 Å². The van der Waals surface area contributed by atoms with Crippen LogP contribution in [0, 0.1) is 17.8 Å². The Morgan fingerprint density at radius 1 is 1.21 bits per heavy atom. The molecule has 1 aliphatic heterocycles. The Kier molecular flexibility index (Phi) is 4.38. The third-order valence-corrected chi connectivity index (χ3v) is 7.55. The molecule has 0 bridgehead atoms. The van der Waals surface area contributed by atoms with E-state index in [0.717, 1.165) is 44.1 Å². The Bertz CT molecular complexity index is 481. The highest BCUT2D eigenvalue weighted by Gasteiger charge is 2.53. The zero-order chi connectivity index (χ0) is 16.8. The normalized spacial score (nSPS) is 41.2. The maximum Gasteiger partial charge on any atom is 0.223 e. The second-order valence-electron chi connectivity index (χ2n) is 8.84. The van der Waals surface area contributed by atoms with Gasteiger partial charge in [-0.1, -0.05) is 0 Å². The zero-order valence-electron chi connectivity index (χ0n) is 14.9. The molecule has 4 rings (SSSR count). The number of aliphatic hydroxyl groups excluding tert-OH is 1. The molecule has 5 nitrogen and oxygen atoms in total. The smallest absolute Gasteiger partial charge is 0.223 e. The summed E-state index contributed by atoms with van der Waals surface area (Å²) in [4.78, 5) is 15.0. The van der Waals surface area contributed by atoms with Crippen LogP contribution in [0.15, 0.2) is 0 Å². The fourth-order valence-corrected chi connectivity index (χ4v) is 5.22. The van der Waals surface area contributed by atoms with Crippen LogP contribution >= 0.6 is 0 Å². The van der Waals surface area contributed by atoms with Crippen LogP contribution in [0.2, 0.25) is 0 Å². The molecule has 1 heterocycles. The van der Waals surface area contributed by atoms with Crippen molar-refractivity contribution in [2.75, 3.05) is 33.4 Å². The molecule has 2 unspecified atom stereocenters. The lowest BCUT2D eigenvalue weighted by atomic mass is 9.72. The van der Waals surface area contributed by atoms with Crippen molar-refractivity contribution in [1.82, 2.24) is 10.2 Å². The van der Waals surface area contributed by atoms with Crippen LogP contribution in [-0.2, 0) is 9.53 Å². The Hall–Kier alpha value is -0.650. The second-order valence-corrected chi connectivity index (χ2v) is 8.84. The van der Waals surface area contributed by atoms with Gasteiger partial charge >= 0.3 is 0 Å². The number of nitrogens with zero attached hydrogens (tertiary/aromatic N) is 1. The summed E-state index contributed by atoms with van der Waals surface area (Å²) in [5, 5.41) is 13.3. The lowest BCUT2D eigenvalue weighted by molar-refractivity contribution is -0.180. The van der Waals surface area contributed by atoms with Gasteiger partial charge in [-0.2, -0.15) is 0 Å². The van der Waals surface area contributed by atoms with Crippen molar-refractivity contribution in [3.05, 3.63) is 0 Å². The molecule has 3 aliphatic carbocycles. The minimum Gasteiger partial charge on any atom is -0.394 e. The van der Waals surface area contributed by atoms with E-state index in [4.69, 9.17) is 4.74 Å². The average molecular weight is 336 g/mol. The molecule has 3 saturated carbocycles.